The summed E-state index contributed by atoms with van der Waals surface area (Å²) in [5.74, 6) is 1.70. The molecule has 0 saturated carbocycles. The molecule has 2 atom stereocenters. The van der Waals surface area contributed by atoms with Gasteiger partial charge in [-0.05, 0) is 39.2 Å². The Labute approximate surface area is 120 Å². The van der Waals surface area contributed by atoms with Crippen LogP contribution in [-0.4, -0.2) is 47.2 Å². The summed E-state index contributed by atoms with van der Waals surface area (Å²) in [6, 6.07) is 3.35. The highest BCUT2D eigenvalue weighted by Crippen LogP contribution is 2.28. The molecule has 2 fully saturated rings. The van der Waals surface area contributed by atoms with Crippen molar-refractivity contribution < 1.29 is 4.74 Å². The third-order valence-electron chi connectivity index (χ3n) is 4.35. The standard InChI is InChI=1S/C15H24N4O/c1-11-8-14(18-15(16-11)10-20-2)17-12-5-7-19-6-3-4-13(19)9-12/h8,12-13H,3-7,9-10H2,1-2H3,(H,16,17,18)/t12-,13+/m1/s1. The molecule has 3 rings (SSSR count). The van der Waals surface area contributed by atoms with Gasteiger partial charge in [0, 0.05) is 37.5 Å². The molecule has 0 aromatic carbocycles. The Kier molecular flexibility index (Phi) is 4.17. The van der Waals surface area contributed by atoms with Gasteiger partial charge in [-0.25, -0.2) is 9.97 Å². The number of aromatic nitrogens is 2. The maximum absolute atomic E-state index is 5.13. The highest BCUT2D eigenvalue weighted by Gasteiger charge is 2.31. The predicted octanol–water partition coefficient (Wildman–Crippen LogP) is 1.97. The van der Waals surface area contributed by atoms with E-state index in [0.29, 0.717) is 12.6 Å². The summed E-state index contributed by atoms with van der Waals surface area (Å²) in [5, 5.41) is 3.60. The van der Waals surface area contributed by atoms with Crippen LogP contribution in [0, 0.1) is 6.92 Å². The third kappa shape index (κ3) is 3.10. The maximum Gasteiger partial charge on any atom is 0.156 e. The van der Waals surface area contributed by atoms with E-state index in [9.17, 15) is 0 Å². The largest absolute Gasteiger partial charge is 0.377 e. The van der Waals surface area contributed by atoms with Gasteiger partial charge >= 0.3 is 0 Å². The zero-order valence-corrected chi connectivity index (χ0v) is 12.4. The van der Waals surface area contributed by atoms with E-state index in [1.165, 1.54) is 38.8 Å². The number of fused-ring (bicyclic) bond motifs is 1. The first-order valence-electron chi connectivity index (χ1n) is 7.58. The third-order valence-corrected chi connectivity index (χ3v) is 4.35. The molecule has 0 bridgehead atoms. The van der Waals surface area contributed by atoms with Gasteiger partial charge in [-0.15, -0.1) is 0 Å². The van der Waals surface area contributed by atoms with Crippen molar-refractivity contribution >= 4 is 5.82 Å². The van der Waals surface area contributed by atoms with Crippen LogP contribution in [0.2, 0.25) is 0 Å². The van der Waals surface area contributed by atoms with Crippen LogP contribution in [0.3, 0.4) is 0 Å². The molecule has 5 nitrogen and oxygen atoms in total. The van der Waals surface area contributed by atoms with Gasteiger partial charge in [0.05, 0.1) is 0 Å². The van der Waals surface area contributed by atoms with Crippen LogP contribution >= 0.6 is 0 Å². The fraction of sp³-hybridized carbons (Fsp3) is 0.733. The van der Waals surface area contributed by atoms with Crippen molar-refractivity contribution in [3.8, 4) is 0 Å². The van der Waals surface area contributed by atoms with Crippen LogP contribution in [0.15, 0.2) is 6.07 Å². The van der Waals surface area contributed by atoms with Crippen LogP contribution in [-0.2, 0) is 11.3 Å². The number of anilines is 1. The first-order chi connectivity index (χ1) is 9.74. The Balaban J connectivity index is 1.65. The van der Waals surface area contributed by atoms with Crippen LogP contribution in [0.25, 0.3) is 0 Å². The smallest absolute Gasteiger partial charge is 0.156 e. The van der Waals surface area contributed by atoms with E-state index >= 15 is 0 Å². The molecule has 2 saturated heterocycles. The zero-order valence-electron chi connectivity index (χ0n) is 12.4. The number of hydrogen-bond donors (Lipinski definition) is 1. The van der Waals surface area contributed by atoms with Crippen LogP contribution < -0.4 is 5.32 Å². The topological polar surface area (TPSA) is 50.3 Å². The quantitative estimate of drug-likeness (QED) is 0.911. The molecule has 2 aliphatic rings. The van der Waals surface area contributed by atoms with Gasteiger partial charge in [-0.1, -0.05) is 0 Å². The molecular formula is C15H24N4O. The molecule has 3 heterocycles. The molecule has 0 unspecified atom stereocenters. The lowest BCUT2D eigenvalue weighted by Crippen LogP contribution is -2.42. The molecule has 1 aromatic rings. The molecule has 110 valence electrons. The Morgan fingerprint density at radius 2 is 2.25 bits per heavy atom. The lowest BCUT2D eigenvalue weighted by Gasteiger charge is -2.35. The van der Waals surface area contributed by atoms with Crippen molar-refractivity contribution in [2.75, 3.05) is 25.5 Å². The second-order valence-electron chi connectivity index (χ2n) is 5.94. The zero-order chi connectivity index (χ0) is 13.9. The minimum atomic E-state index is 0.470. The molecule has 20 heavy (non-hydrogen) atoms. The summed E-state index contributed by atoms with van der Waals surface area (Å²) >= 11 is 0. The highest BCUT2D eigenvalue weighted by atomic mass is 16.5. The second-order valence-corrected chi connectivity index (χ2v) is 5.94. The van der Waals surface area contributed by atoms with Crippen molar-refractivity contribution in [2.24, 2.45) is 0 Å². The van der Waals surface area contributed by atoms with Crippen molar-refractivity contribution in [2.45, 2.75) is 51.3 Å². The molecule has 0 radical (unpaired) electrons. The average molecular weight is 276 g/mol. The lowest BCUT2D eigenvalue weighted by atomic mass is 9.97. The van der Waals surface area contributed by atoms with Gasteiger partial charge in [0.2, 0.25) is 0 Å². The fourth-order valence-corrected chi connectivity index (χ4v) is 3.46. The van der Waals surface area contributed by atoms with E-state index in [2.05, 4.69) is 20.2 Å². The summed E-state index contributed by atoms with van der Waals surface area (Å²) in [6.07, 6.45) is 5.17. The van der Waals surface area contributed by atoms with Gasteiger partial charge < -0.3 is 15.0 Å². The van der Waals surface area contributed by atoms with E-state index < -0.39 is 0 Å². The molecule has 1 N–H and O–H groups in total. The highest BCUT2D eigenvalue weighted by molar-refractivity contribution is 5.37. The monoisotopic (exact) mass is 276 g/mol. The number of ether oxygens (including phenoxy) is 1. The Bertz CT molecular complexity index is 465. The number of nitrogens with zero attached hydrogens (tertiary/aromatic N) is 3. The number of aryl methyl sites for hydroxylation is 1. The first kappa shape index (κ1) is 13.8. The van der Waals surface area contributed by atoms with E-state index in [4.69, 9.17) is 4.74 Å². The summed E-state index contributed by atoms with van der Waals surface area (Å²) in [7, 11) is 1.68. The van der Waals surface area contributed by atoms with Crippen LogP contribution in [0.5, 0.6) is 0 Å². The minimum absolute atomic E-state index is 0.470. The van der Waals surface area contributed by atoms with E-state index in [0.717, 1.165) is 23.4 Å². The predicted molar refractivity (Wildman–Crippen MR) is 78.7 cm³/mol. The van der Waals surface area contributed by atoms with Crippen LogP contribution in [0.1, 0.15) is 37.2 Å². The first-order valence-corrected chi connectivity index (χ1v) is 7.58. The van der Waals surface area contributed by atoms with Crippen molar-refractivity contribution in [1.29, 1.82) is 0 Å². The molecule has 1 aromatic heterocycles. The number of hydrogen-bond acceptors (Lipinski definition) is 5. The number of piperidine rings is 1. The fourth-order valence-electron chi connectivity index (χ4n) is 3.46. The molecule has 0 aliphatic carbocycles. The molecule has 0 spiro atoms. The van der Waals surface area contributed by atoms with E-state index in [1.54, 1.807) is 7.11 Å². The van der Waals surface area contributed by atoms with E-state index in [1.807, 2.05) is 13.0 Å². The van der Waals surface area contributed by atoms with Crippen molar-refractivity contribution in [3.63, 3.8) is 0 Å². The number of rotatable bonds is 4. The maximum atomic E-state index is 5.13. The summed E-state index contributed by atoms with van der Waals surface area (Å²) in [4.78, 5) is 11.6. The lowest BCUT2D eigenvalue weighted by molar-refractivity contribution is 0.177. The normalized spacial score (nSPS) is 26.5. The number of nitrogens with one attached hydrogen (secondary N) is 1. The minimum Gasteiger partial charge on any atom is -0.377 e. The van der Waals surface area contributed by atoms with Crippen LogP contribution in [0.4, 0.5) is 5.82 Å². The summed E-state index contributed by atoms with van der Waals surface area (Å²) in [5.41, 5.74) is 0.993. The molecule has 0 amide bonds. The average Bonchev–Trinajstić information content (AvgIpc) is 2.85. The summed E-state index contributed by atoms with van der Waals surface area (Å²) < 4.78 is 5.13. The van der Waals surface area contributed by atoms with Crippen molar-refractivity contribution in [1.82, 2.24) is 14.9 Å². The van der Waals surface area contributed by atoms with Gasteiger partial charge in [0.1, 0.15) is 12.4 Å². The molecule has 2 aliphatic heterocycles. The van der Waals surface area contributed by atoms with Crippen molar-refractivity contribution in [3.05, 3.63) is 17.6 Å². The Morgan fingerprint density at radius 3 is 3.10 bits per heavy atom. The molecular weight excluding hydrogens is 252 g/mol. The second kappa shape index (κ2) is 6.06. The SMILES string of the molecule is COCc1nc(C)cc(N[C@@H]2CCN3CCC[C@H]3C2)n1. The van der Waals surface area contributed by atoms with E-state index in [-0.39, 0.29) is 0 Å². The summed E-state index contributed by atoms with van der Waals surface area (Å²) in [6.45, 7) is 4.99. The number of methoxy groups -OCH3 is 1. The Morgan fingerprint density at radius 1 is 1.35 bits per heavy atom. The van der Waals surface area contributed by atoms with Gasteiger partial charge in [0.25, 0.3) is 0 Å². The van der Waals surface area contributed by atoms with Gasteiger partial charge in [0.15, 0.2) is 5.82 Å². The molecule has 5 heteroatoms. The Hall–Kier alpha value is -1.20. The van der Waals surface area contributed by atoms with Gasteiger partial charge in [-0.3, -0.25) is 0 Å². The van der Waals surface area contributed by atoms with Gasteiger partial charge in [-0.2, -0.15) is 0 Å².